The molecular formula is C7H14N2O. The van der Waals surface area contributed by atoms with E-state index in [1.807, 2.05) is 6.92 Å². The fourth-order valence-electron chi connectivity index (χ4n) is 1.13. The first-order chi connectivity index (χ1) is 4.79. The third kappa shape index (κ3) is 1.48. The van der Waals surface area contributed by atoms with Gasteiger partial charge in [-0.3, -0.25) is 4.79 Å². The van der Waals surface area contributed by atoms with Crippen LogP contribution >= 0.6 is 0 Å². The Bertz CT molecular complexity index is 136. The topological polar surface area (TPSA) is 55.1 Å². The summed E-state index contributed by atoms with van der Waals surface area (Å²) in [5, 5.41) is 2.78. The van der Waals surface area contributed by atoms with E-state index in [1.165, 1.54) is 0 Å². The molecule has 0 aromatic rings. The van der Waals surface area contributed by atoms with Gasteiger partial charge in [0.25, 0.3) is 0 Å². The Morgan fingerprint density at radius 3 is 2.90 bits per heavy atom. The van der Waals surface area contributed by atoms with Crippen LogP contribution < -0.4 is 11.1 Å². The molecule has 1 amide bonds. The summed E-state index contributed by atoms with van der Waals surface area (Å²) >= 11 is 0. The van der Waals surface area contributed by atoms with E-state index in [1.54, 1.807) is 0 Å². The van der Waals surface area contributed by atoms with Crippen LogP contribution in [0.3, 0.4) is 0 Å². The number of carbonyl (C=O) groups excluding carboxylic acids is 1. The van der Waals surface area contributed by atoms with Gasteiger partial charge in [0.1, 0.15) is 0 Å². The highest BCUT2D eigenvalue weighted by Crippen LogP contribution is 2.37. The molecule has 2 atom stereocenters. The minimum absolute atomic E-state index is 0.179. The normalized spacial score (nSPS) is 29.8. The van der Waals surface area contributed by atoms with E-state index < -0.39 is 0 Å². The van der Waals surface area contributed by atoms with Crippen LogP contribution in [0.25, 0.3) is 0 Å². The van der Waals surface area contributed by atoms with Gasteiger partial charge in [-0.05, 0) is 25.8 Å². The van der Waals surface area contributed by atoms with Crippen molar-refractivity contribution in [1.29, 1.82) is 0 Å². The average molecular weight is 142 g/mol. The van der Waals surface area contributed by atoms with Crippen molar-refractivity contribution in [3.05, 3.63) is 0 Å². The maximum atomic E-state index is 11.0. The first-order valence-corrected chi connectivity index (χ1v) is 3.77. The Morgan fingerprint density at radius 1 is 1.80 bits per heavy atom. The highest BCUT2D eigenvalue weighted by atomic mass is 16.2. The van der Waals surface area contributed by atoms with Gasteiger partial charge in [-0.15, -0.1) is 0 Å². The Labute approximate surface area is 61.0 Å². The molecule has 58 valence electrons. The van der Waals surface area contributed by atoms with Gasteiger partial charge in [0.05, 0.1) is 0 Å². The molecule has 3 nitrogen and oxygen atoms in total. The molecule has 0 bridgehead atoms. The molecule has 3 heteroatoms. The van der Waals surface area contributed by atoms with E-state index in [4.69, 9.17) is 5.73 Å². The van der Waals surface area contributed by atoms with E-state index in [0.717, 1.165) is 13.0 Å². The molecule has 3 N–H and O–H groups in total. The van der Waals surface area contributed by atoms with Crippen LogP contribution in [0.5, 0.6) is 0 Å². The van der Waals surface area contributed by atoms with Crippen molar-refractivity contribution in [2.45, 2.75) is 13.3 Å². The zero-order valence-corrected chi connectivity index (χ0v) is 6.26. The molecule has 0 heterocycles. The van der Waals surface area contributed by atoms with Gasteiger partial charge >= 0.3 is 0 Å². The fourth-order valence-corrected chi connectivity index (χ4v) is 1.13. The number of amides is 1. The fraction of sp³-hybridized carbons (Fsp3) is 0.857. The minimum Gasteiger partial charge on any atom is -0.356 e. The number of rotatable bonds is 3. The molecule has 1 rings (SSSR count). The van der Waals surface area contributed by atoms with Crippen LogP contribution in [0, 0.1) is 11.8 Å². The smallest absolute Gasteiger partial charge is 0.223 e. The van der Waals surface area contributed by atoms with Gasteiger partial charge in [0.15, 0.2) is 0 Å². The summed E-state index contributed by atoms with van der Waals surface area (Å²) in [6.45, 7) is 3.31. The van der Waals surface area contributed by atoms with Crippen molar-refractivity contribution in [2.75, 3.05) is 13.1 Å². The maximum Gasteiger partial charge on any atom is 0.223 e. The van der Waals surface area contributed by atoms with Crippen LogP contribution in [0.2, 0.25) is 0 Å². The van der Waals surface area contributed by atoms with Crippen LogP contribution in [0.15, 0.2) is 0 Å². The van der Waals surface area contributed by atoms with Gasteiger partial charge in [0, 0.05) is 12.5 Å². The second kappa shape index (κ2) is 3.01. The van der Waals surface area contributed by atoms with Crippen LogP contribution in [-0.2, 0) is 4.79 Å². The minimum atomic E-state index is 0.179. The number of nitrogens with one attached hydrogen (secondary N) is 1. The van der Waals surface area contributed by atoms with Crippen molar-refractivity contribution in [3.8, 4) is 0 Å². The summed E-state index contributed by atoms with van der Waals surface area (Å²) in [7, 11) is 0. The number of nitrogens with two attached hydrogens (primary N) is 1. The van der Waals surface area contributed by atoms with E-state index in [9.17, 15) is 4.79 Å². The molecule has 1 saturated carbocycles. The van der Waals surface area contributed by atoms with Crippen LogP contribution in [0.4, 0.5) is 0 Å². The molecule has 0 aromatic heterocycles. The summed E-state index contributed by atoms with van der Waals surface area (Å²) in [5.41, 5.74) is 5.38. The van der Waals surface area contributed by atoms with Gasteiger partial charge < -0.3 is 11.1 Å². The van der Waals surface area contributed by atoms with E-state index >= 15 is 0 Å². The van der Waals surface area contributed by atoms with E-state index in [-0.39, 0.29) is 11.8 Å². The largest absolute Gasteiger partial charge is 0.356 e. The third-order valence-electron chi connectivity index (χ3n) is 1.91. The van der Waals surface area contributed by atoms with Crippen molar-refractivity contribution >= 4 is 5.91 Å². The van der Waals surface area contributed by atoms with Crippen molar-refractivity contribution in [1.82, 2.24) is 5.32 Å². The first-order valence-electron chi connectivity index (χ1n) is 3.77. The molecule has 10 heavy (non-hydrogen) atoms. The molecule has 1 aliphatic carbocycles. The summed E-state index contributed by atoms with van der Waals surface area (Å²) in [6.07, 6.45) is 0.988. The van der Waals surface area contributed by atoms with Crippen molar-refractivity contribution in [3.63, 3.8) is 0 Å². The van der Waals surface area contributed by atoms with Gasteiger partial charge in [-0.25, -0.2) is 0 Å². The summed E-state index contributed by atoms with van der Waals surface area (Å²) < 4.78 is 0. The second-order valence-electron chi connectivity index (χ2n) is 2.73. The van der Waals surface area contributed by atoms with Gasteiger partial charge in [-0.1, -0.05) is 0 Å². The Morgan fingerprint density at radius 2 is 2.50 bits per heavy atom. The quantitative estimate of drug-likeness (QED) is 0.569. The Kier molecular flexibility index (Phi) is 2.27. The number of hydrogen-bond acceptors (Lipinski definition) is 2. The van der Waals surface area contributed by atoms with E-state index in [0.29, 0.717) is 12.5 Å². The Balaban J connectivity index is 2.19. The van der Waals surface area contributed by atoms with Crippen molar-refractivity contribution in [2.24, 2.45) is 17.6 Å². The lowest BCUT2D eigenvalue weighted by atomic mass is 10.3. The monoisotopic (exact) mass is 142 g/mol. The number of carbonyl (C=O) groups is 1. The SMILES string of the molecule is CCNC(=O)C1CC1CN. The summed E-state index contributed by atoms with van der Waals surface area (Å²) in [6, 6.07) is 0. The summed E-state index contributed by atoms with van der Waals surface area (Å²) in [5.74, 6) is 0.870. The molecule has 2 unspecified atom stereocenters. The van der Waals surface area contributed by atoms with Crippen molar-refractivity contribution < 1.29 is 4.79 Å². The second-order valence-corrected chi connectivity index (χ2v) is 2.73. The zero-order chi connectivity index (χ0) is 7.56. The predicted molar refractivity (Wildman–Crippen MR) is 39.3 cm³/mol. The lowest BCUT2D eigenvalue weighted by molar-refractivity contribution is -0.122. The maximum absolute atomic E-state index is 11.0. The van der Waals surface area contributed by atoms with Gasteiger partial charge in [0.2, 0.25) is 5.91 Å². The third-order valence-corrected chi connectivity index (χ3v) is 1.91. The molecule has 0 aromatic carbocycles. The average Bonchev–Trinajstić information content (AvgIpc) is 2.66. The molecule has 1 fully saturated rings. The Hall–Kier alpha value is -0.570. The van der Waals surface area contributed by atoms with Gasteiger partial charge in [-0.2, -0.15) is 0 Å². The zero-order valence-electron chi connectivity index (χ0n) is 6.26. The predicted octanol–water partition coefficient (Wildman–Crippen LogP) is -0.283. The first kappa shape index (κ1) is 7.54. The highest BCUT2D eigenvalue weighted by Gasteiger charge is 2.41. The van der Waals surface area contributed by atoms with E-state index in [2.05, 4.69) is 5.32 Å². The molecule has 0 aliphatic heterocycles. The lowest BCUT2D eigenvalue weighted by Crippen LogP contribution is -2.25. The highest BCUT2D eigenvalue weighted by molar-refractivity contribution is 5.81. The summed E-state index contributed by atoms with van der Waals surface area (Å²) in [4.78, 5) is 11.0. The van der Waals surface area contributed by atoms with Crippen LogP contribution in [-0.4, -0.2) is 19.0 Å². The molecule has 0 spiro atoms. The standard InChI is InChI=1S/C7H14N2O/c1-2-9-7(10)6-3-5(6)4-8/h5-6H,2-4,8H2,1H3,(H,9,10). The molecular weight excluding hydrogens is 128 g/mol. The van der Waals surface area contributed by atoms with Crippen LogP contribution in [0.1, 0.15) is 13.3 Å². The molecule has 1 aliphatic rings. The number of hydrogen-bond donors (Lipinski definition) is 2. The molecule has 0 radical (unpaired) electrons. The lowest BCUT2D eigenvalue weighted by Gasteiger charge is -1.98. The molecule has 0 saturated heterocycles.